The van der Waals surface area contributed by atoms with Crippen molar-refractivity contribution in [2.75, 3.05) is 34.3 Å². The summed E-state index contributed by atoms with van der Waals surface area (Å²) in [6.45, 7) is 3.19. The maximum absolute atomic E-state index is 12.3. The summed E-state index contributed by atoms with van der Waals surface area (Å²) >= 11 is 0. The molecule has 160 valence electrons. The predicted molar refractivity (Wildman–Crippen MR) is 128 cm³/mol. The Bertz CT molecular complexity index is 902. The molecule has 0 saturated heterocycles. The largest absolute Gasteiger partial charge is 0.496 e. The number of benzene rings is 2. The fraction of sp³-hybridized carbons (Fsp3) is 0.350. The van der Waals surface area contributed by atoms with Crippen molar-refractivity contribution in [3.05, 3.63) is 59.7 Å². The standard InChI is InChI=1S/C20H28N4O3S.HI/c1-16-9-11-18(12-10-16)28(25,26)23-14-13-22-20(21-2)24(3)15-17-7-5-6-8-19(17)27-4;/h5-12,23H,13-15H2,1-4H3,(H,21,22);1H. The first-order valence-corrected chi connectivity index (χ1v) is 10.5. The second-order valence-electron chi connectivity index (χ2n) is 6.35. The molecule has 0 aliphatic heterocycles. The van der Waals surface area contributed by atoms with E-state index in [-0.39, 0.29) is 35.4 Å². The molecule has 0 saturated carbocycles. The molecule has 0 heterocycles. The number of aliphatic imine (C=N–C) groups is 1. The summed E-state index contributed by atoms with van der Waals surface area (Å²) in [5, 5.41) is 3.17. The van der Waals surface area contributed by atoms with E-state index in [1.165, 1.54) is 0 Å². The van der Waals surface area contributed by atoms with Crippen LogP contribution < -0.4 is 14.8 Å². The Morgan fingerprint density at radius 1 is 1.10 bits per heavy atom. The van der Waals surface area contributed by atoms with Crippen molar-refractivity contribution in [3.63, 3.8) is 0 Å². The van der Waals surface area contributed by atoms with Crippen LogP contribution in [0.5, 0.6) is 5.75 Å². The van der Waals surface area contributed by atoms with Crippen molar-refractivity contribution >= 4 is 40.0 Å². The summed E-state index contributed by atoms with van der Waals surface area (Å²) < 4.78 is 32.6. The number of methoxy groups -OCH3 is 1. The molecule has 0 spiro atoms. The van der Waals surface area contributed by atoms with Gasteiger partial charge in [-0.25, -0.2) is 13.1 Å². The first-order valence-electron chi connectivity index (χ1n) is 8.97. The fourth-order valence-corrected chi connectivity index (χ4v) is 3.74. The van der Waals surface area contributed by atoms with Crippen LogP contribution in [-0.2, 0) is 16.6 Å². The molecule has 0 fully saturated rings. The number of ether oxygens (including phenoxy) is 1. The highest BCUT2D eigenvalue weighted by atomic mass is 127. The quantitative estimate of drug-likeness (QED) is 0.237. The predicted octanol–water partition coefficient (Wildman–Crippen LogP) is 2.61. The van der Waals surface area contributed by atoms with Gasteiger partial charge >= 0.3 is 0 Å². The Hall–Kier alpha value is -1.85. The van der Waals surface area contributed by atoms with E-state index >= 15 is 0 Å². The van der Waals surface area contributed by atoms with Gasteiger partial charge in [-0.05, 0) is 25.1 Å². The van der Waals surface area contributed by atoms with Gasteiger partial charge in [0.2, 0.25) is 10.0 Å². The highest BCUT2D eigenvalue weighted by molar-refractivity contribution is 14.0. The van der Waals surface area contributed by atoms with Crippen molar-refractivity contribution < 1.29 is 13.2 Å². The van der Waals surface area contributed by atoms with E-state index in [9.17, 15) is 8.42 Å². The molecule has 0 aliphatic rings. The third kappa shape index (κ3) is 7.48. The molecule has 2 rings (SSSR count). The van der Waals surface area contributed by atoms with Gasteiger partial charge in [-0.15, -0.1) is 24.0 Å². The Balaban J connectivity index is 0.00000420. The summed E-state index contributed by atoms with van der Waals surface area (Å²) in [5.74, 6) is 1.48. The lowest BCUT2D eigenvalue weighted by Gasteiger charge is -2.23. The zero-order valence-corrected chi connectivity index (χ0v) is 20.3. The second kappa shape index (κ2) is 12.0. The minimum Gasteiger partial charge on any atom is -0.496 e. The molecule has 2 aromatic carbocycles. The zero-order chi connectivity index (χ0) is 20.6. The number of sulfonamides is 1. The first-order chi connectivity index (χ1) is 13.4. The lowest BCUT2D eigenvalue weighted by atomic mass is 10.2. The molecule has 0 radical (unpaired) electrons. The lowest BCUT2D eigenvalue weighted by Crippen LogP contribution is -2.42. The molecule has 0 aromatic heterocycles. The summed E-state index contributed by atoms with van der Waals surface area (Å²) in [6.07, 6.45) is 0. The molecule has 0 aliphatic carbocycles. The number of hydrogen-bond acceptors (Lipinski definition) is 4. The summed E-state index contributed by atoms with van der Waals surface area (Å²) in [6, 6.07) is 14.6. The molecule has 7 nitrogen and oxygen atoms in total. The normalized spacial score (nSPS) is 11.5. The Kier molecular flexibility index (Phi) is 10.4. The molecule has 0 bridgehead atoms. The molecule has 0 amide bonds. The molecule has 29 heavy (non-hydrogen) atoms. The molecule has 2 N–H and O–H groups in total. The number of aryl methyl sites for hydroxylation is 1. The van der Waals surface area contributed by atoms with Crippen molar-refractivity contribution in [2.24, 2.45) is 4.99 Å². The van der Waals surface area contributed by atoms with Crippen molar-refractivity contribution in [3.8, 4) is 5.75 Å². The number of guanidine groups is 1. The monoisotopic (exact) mass is 532 g/mol. The van der Waals surface area contributed by atoms with E-state index in [0.29, 0.717) is 19.0 Å². The second-order valence-corrected chi connectivity index (χ2v) is 8.12. The number of nitrogens with one attached hydrogen (secondary N) is 2. The van der Waals surface area contributed by atoms with Gasteiger partial charge in [0, 0.05) is 39.3 Å². The van der Waals surface area contributed by atoms with E-state index in [0.717, 1.165) is 16.9 Å². The van der Waals surface area contributed by atoms with Gasteiger partial charge < -0.3 is 15.0 Å². The van der Waals surface area contributed by atoms with Crippen LogP contribution in [0.15, 0.2) is 58.4 Å². The molecule has 0 atom stereocenters. The van der Waals surface area contributed by atoms with E-state index in [2.05, 4.69) is 15.0 Å². The van der Waals surface area contributed by atoms with Crippen LogP contribution in [0.4, 0.5) is 0 Å². The average molecular weight is 532 g/mol. The lowest BCUT2D eigenvalue weighted by molar-refractivity contribution is 0.396. The fourth-order valence-electron chi connectivity index (χ4n) is 2.71. The number of para-hydroxylation sites is 1. The minimum absolute atomic E-state index is 0. The highest BCUT2D eigenvalue weighted by Gasteiger charge is 2.13. The number of hydrogen-bond donors (Lipinski definition) is 2. The van der Waals surface area contributed by atoms with Gasteiger partial charge in [0.25, 0.3) is 0 Å². The maximum atomic E-state index is 12.3. The Labute approximate surface area is 190 Å². The first kappa shape index (κ1) is 25.2. The van der Waals surface area contributed by atoms with Crippen molar-refractivity contribution in [1.82, 2.24) is 14.9 Å². The van der Waals surface area contributed by atoms with Gasteiger partial charge in [-0.3, -0.25) is 4.99 Å². The smallest absolute Gasteiger partial charge is 0.240 e. The Morgan fingerprint density at radius 3 is 2.38 bits per heavy atom. The van der Waals surface area contributed by atoms with E-state index in [4.69, 9.17) is 4.74 Å². The molecule has 9 heteroatoms. The third-order valence-corrected chi connectivity index (χ3v) is 5.68. The zero-order valence-electron chi connectivity index (χ0n) is 17.2. The van der Waals surface area contributed by atoms with Crippen molar-refractivity contribution in [1.29, 1.82) is 0 Å². The molecular weight excluding hydrogens is 503 g/mol. The highest BCUT2D eigenvalue weighted by Crippen LogP contribution is 2.18. The van der Waals surface area contributed by atoms with E-state index < -0.39 is 10.0 Å². The van der Waals surface area contributed by atoms with Crippen LogP contribution in [0.1, 0.15) is 11.1 Å². The third-order valence-electron chi connectivity index (χ3n) is 4.20. The number of nitrogens with zero attached hydrogens (tertiary/aromatic N) is 2. The summed E-state index contributed by atoms with van der Waals surface area (Å²) in [7, 11) is 1.73. The van der Waals surface area contributed by atoms with Crippen LogP contribution in [0.3, 0.4) is 0 Å². The van der Waals surface area contributed by atoms with Crippen LogP contribution in [0, 0.1) is 6.92 Å². The number of halogens is 1. The van der Waals surface area contributed by atoms with Gasteiger partial charge in [0.1, 0.15) is 5.75 Å². The SMILES string of the molecule is CN=C(NCCNS(=O)(=O)c1ccc(C)cc1)N(C)Cc1ccccc1OC.I. The van der Waals surface area contributed by atoms with Gasteiger partial charge in [0.15, 0.2) is 5.96 Å². The van der Waals surface area contributed by atoms with Crippen molar-refractivity contribution in [2.45, 2.75) is 18.4 Å². The van der Waals surface area contributed by atoms with Crippen LogP contribution in [-0.4, -0.2) is 53.6 Å². The molecular formula is C20H29IN4O3S. The molecule has 2 aromatic rings. The number of rotatable bonds is 8. The van der Waals surface area contributed by atoms with Crippen LogP contribution >= 0.6 is 24.0 Å². The maximum Gasteiger partial charge on any atom is 0.240 e. The van der Waals surface area contributed by atoms with E-state index in [1.54, 1.807) is 38.4 Å². The van der Waals surface area contributed by atoms with Gasteiger partial charge in [-0.2, -0.15) is 0 Å². The van der Waals surface area contributed by atoms with Gasteiger partial charge in [0.05, 0.1) is 12.0 Å². The average Bonchev–Trinajstić information content (AvgIpc) is 2.68. The van der Waals surface area contributed by atoms with Crippen LogP contribution in [0.2, 0.25) is 0 Å². The Morgan fingerprint density at radius 2 is 1.76 bits per heavy atom. The van der Waals surface area contributed by atoms with E-state index in [1.807, 2.05) is 43.1 Å². The summed E-state index contributed by atoms with van der Waals surface area (Å²) in [5.41, 5.74) is 2.05. The summed E-state index contributed by atoms with van der Waals surface area (Å²) in [4.78, 5) is 6.47. The van der Waals surface area contributed by atoms with Crippen LogP contribution in [0.25, 0.3) is 0 Å². The minimum atomic E-state index is -3.52. The molecule has 0 unspecified atom stereocenters. The van der Waals surface area contributed by atoms with Gasteiger partial charge in [-0.1, -0.05) is 35.9 Å². The topological polar surface area (TPSA) is 83.0 Å².